The number of H-pyrrole nitrogens is 1. The van der Waals surface area contributed by atoms with Crippen LogP contribution >= 0.6 is 0 Å². The minimum Gasteiger partial charge on any atom is -0.379 e. The van der Waals surface area contributed by atoms with Crippen LogP contribution in [0.4, 0.5) is 17.2 Å². The van der Waals surface area contributed by atoms with Gasteiger partial charge in [0.05, 0.1) is 24.0 Å². The minimum atomic E-state index is -0.286. The number of anilines is 2. The molecule has 1 aliphatic rings. The second-order valence-corrected chi connectivity index (χ2v) is 7.38. The first-order valence-corrected chi connectivity index (χ1v) is 9.59. The Bertz CT molecular complexity index is 1220. The summed E-state index contributed by atoms with van der Waals surface area (Å²) in [6, 6.07) is 14.3. The van der Waals surface area contributed by atoms with Gasteiger partial charge in [-0.2, -0.15) is 0 Å². The molecular weight excluding hydrogens is 364 g/mol. The van der Waals surface area contributed by atoms with Crippen molar-refractivity contribution in [1.29, 1.82) is 0 Å². The molecule has 148 valence electrons. The summed E-state index contributed by atoms with van der Waals surface area (Å²) in [6.07, 6.45) is 0.660. The zero-order valence-electron chi connectivity index (χ0n) is 16.9. The van der Waals surface area contributed by atoms with Gasteiger partial charge >= 0.3 is 0 Å². The molecule has 1 unspecified atom stereocenters. The number of hydrogen-bond donors (Lipinski definition) is 1. The van der Waals surface area contributed by atoms with Crippen LogP contribution in [0.3, 0.4) is 0 Å². The maximum absolute atomic E-state index is 12.6. The Morgan fingerprint density at radius 1 is 1.17 bits per heavy atom. The van der Waals surface area contributed by atoms with Gasteiger partial charge in [-0.15, -0.1) is 0 Å². The number of fused-ring (bicyclic) bond motifs is 2. The van der Waals surface area contributed by atoms with Crippen molar-refractivity contribution in [1.82, 2.24) is 9.97 Å². The van der Waals surface area contributed by atoms with Crippen LogP contribution < -0.4 is 21.3 Å². The Morgan fingerprint density at radius 3 is 2.62 bits per heavy atom. The van der Waals surface area contributed by atoms with Gasteiger partial charge in [0.1, 0.15) is 5.48 Å². The van der Waals surface area contributed by atoms with Crippen LogP contribution in [0.15, 0.2) is 52.3 Å². The number of ether oxygens (including phenoxy) is 1. The number of nitrogens with zero attached hydrogens (tertiary/aromatic N) is 3. The van der Waals surface area contributed by atoms with E-state index in [1.165, 1.54) is 5.56 Å². The fourth-order valence-electron chi connectivity index (χ4n) is 3.60. The van der Waals surface area contributed by atoms with Crippen molar-refractivity contribution in [3.8, 4) is 0 Å². The zero-order chi connectivity index (χ0) is 20.5. The highest BCUT2D eigenvalue weighted by Gasteiger charge is 2.26. The molecule has 6 heteroatoms. The lowest BCUT2D eigenvalue weighted by Gasteiger charge is -2.31. The molecular formula is C23H24N4O2. The van der Waals surface area contributed by atoms with Gasteiger partial charge in [-0.25, -0.2) is 9.98 Å². The van der Waals surface area contributed by atoms with Gasteiger partial charge in [0.2, 0.25) is 0 Å². The highest BCUT2D eigenvalue weighted by atomic mass is 16.5. The van der Waals surface area contributed by atoms with E-state index in [9.17, 15) is 4.79 Å². The summed E-state index contributed by atoms with van der Waals surface area (Å²) in [5.41, 5.74) is 5.20. The third-order valence-corrected chi connectivity index (χ3v) is 5.32. The average molecular weight is 388 g/mol. The lowest BCUT2D eigenvalue weighted by molar-refractivity contribution is 0.110. The molecule has 4 rings (SSSR count). The minimum absolute atomic E-state index is 0.0906. The number of aromatic amines is 1. The van der Waals surface area contributed by atoms with Crippen molar-refractivity contribution in [3.05, 3.63) is 80.3 Å². The fourth-order valence-corrected chi connectivity index (χ4v) is 3.60. The van der Waals surface area contributed by atoms with Gasteiger partial charge in [0.15, 0.2) is 11.2 Å². The molecule has 0 saturated heterocycles. The summed E-state index contributed by atoms with van der Waals surface area (Å²) in [4.78, 5) is 26.4. The van der Waals surface area contributed by atoms with E-state index in [1.807, 2.05) is 36.1 Å². The summed E-state index contributed by atoms with van der Waals surface area (Å²) in [5, 5.41) is 0.308. The lowest BCUT2D eigenvalue weighted by Crippen LogP contribution is -2.44. The molecule has 3 aromatic rings. The van der Waals surface area contributed by atoms with Crippen LogP contribution in [0.2, 0.25) is 0 Å². The van der Waals surface area contributed by atoms with E-state index in [-0.39, 0.29) is 11.7 Å². The monoisotopic (exact) mass is 388 g/mol. The molecule has 0 spiro atoms. The van der Waals surface area contributed by atoms with Gasteiger partial charge in [0.25, 0.3) is 5.56 Å². The second kappa shape index (κ2) is 7.64. The molecule has 0 saturated carbocycles. The summed E-state index contributed by atoms with van der Waals surface area (Å²) in [5.74, 6) is 0.518. The molecule has 0 radical (unpaired) electrons. The average Bonchev–Trinajstić information content (AvgIpc) is 2.70. The molecule has 2 heterocycles. The fraction of sp³-hybridized carbons (Fsp3) is 0.261. The largest absolute Gasteiger partial charge is 0.379 e. The van der Waals surface area contributed by atoms with E-state index in [4.69, 9.17) is 4.74 Å². The Balaban J connectivity index is 1.82. The van der Waals surface area contributed by atoms with Crippen LogP contribution in [-0.2, 0) is 11.2 Å². The highest BCUT2D eigenvalue weighted by molar-refractivity contribution is 5.77. The van der Waals surface area contributed by atoms with E-state index < -0.39 is 0 Å². The summed E-state index contributed by atoms with van der Waals surface area (Å²) in [7, 11) is 1.71. The number of aryl methyl sites for hydroxylation is 2. The molecule has 6 nitrogen and oxygen atoms in total. The predicted octanol–water partition coefficient (Wildman–Crippen LogP) is 2.46. The SMILES string of the molecule is C=c1nc2c(c(=O)[nH]1)=Nc1cc(C)c(C)cc1N2CC(Cc1ccccc1)OC. The highest BCUT2D eigenvalue weighted by Crippen LogP contribution is 2.37. The molecule has 2 aromatic carbocycles. The molecule has 0 fully saturated rings. The first kappa shape index (κ1) is 19.1. The van der Waals surface area contributed by atoms with Gasteiger partial charge in [-0.3, -0.25) is 4.79 Å². The third-order valence-electron chi connectivity index (χ3n) is 5.32. The first-order chi connectivity index (χ1) is 14.0. The zero-order valence-corrected chi connectivity index (χ0v) is 16.9. The molecule has 0 amide bonds. The van der Waals surface area contributed by atoms with Crippen LogP contribution in [-0.4, -0.2) is 29.7 Å². The van der Waals surface area contributed by atoms with Crippen molar-refractivity contribution in [2.45, 2.75) is 26.4 Å². The maximum Gasteiger partial charge on any atom is 0.279 e. The van der Waals surface area contributed by atoms with Crippen LogP contribution in [0.25, 0.3) is 6.58 Å². The Kier molecular flexibility index (Phi) is 5.03. The third kappa shape index (κ3) is 3.71. The number of methoxy groups -OCH3 is 1. The summed E-state index contributed by atoms with van der Waals surface area (Å²) in [6.45, 7) is 8.46. The number of hydrogen-bond acceptors (Lipinski definition) is 5. The van der Waals surface area contributed by atoms with Crippen molar-refractivity contribution in [2.24, 2.45) is 4.99 Å². The number of rotatable bonds is 5. The smallest absolute Gasteiger partial charge is 0.279 e. The Morgan fingerprint density at radius 2 is 1.90 bits per heavy atom. The molecule has 1 aromatic heterocycles. The van der Waals surface area contributed by atoms with E-state index in [2.05, 4.69) is 46.7 Å². The van der Waals surface area contributed by atoms with E-state index in [0.717, 1.165) is 28.9 Å². The quantitative estimate of drug-likeness (QED) is 0.729. The van der Waals surface area contributed by atoms with Gasteiger partial charge in [0, 0.05) is 13.5 Å². The second-order valence-electron chi connectivity index (χ2n) is 7.38. The van der Waals surface area contributed by atoms with Gasteiger partial charge in [-0.05, 0) is 42.7 Å². The number of nitrogens with one attached hydrogen (secondary N) is 1. The summed E-state index contributed by atoms with van der Waals surface area (Å²) >= 11 is 0. The van der Waals surface area contributed by atoms with E-state index in [0.29, 0.717) is 23.2 Å². The molecule has 29 heavy (non-hydrogen) atoms. The topological polar surface area (TPSA) is 70.6 Å². The lowest BCUT2D eigenvalue weighted by atomic mass is 10.0. The first-order valence-electron chi connectivity index (χ1n) is 9.59. The number of aromatic nitrogens is 2. The maximum atomic E-state index is 12.6. The Labute approximate surface area is 169 Å². The normalized spacial score (nSPS) is 13.4. The summed E-state index contributed by atoms with van der Waals surface area (Å²) < 4.78 is 5.80. The Hall–Kier alpha value is -3.25. The van der Waals surface area contributed by atoms with Crippen molar-refractivity contribution < 1.29 is 4.74 Å². The molecule has 1 atom stereocenters. The van der Waals surface area contributed by atoms with Crippen LogP contribution in [0, 0.1) is 13.8 Å². The predicted molar refractivity (Wildman–Crippen MR) is 115 cm³/mol. The van der Waals surface area contributed by atoms with Gasteiger partial charge < -0.3 is 14.6 Å². The van der Waals surface area contributed by atoms with Crippen molar-refractivity contribution >= 4 is 23.8 Å². The van der Waals surface area contributed by atoms with Crippen molar-refractivity contribution in [2.75, 3.05) is 18.6 Å². The van der Waals surface area contributed by atoms with Crippen molar-refractivity contribution in [3.63, 3.8) is 0 Å². The number of benzene rings is 2. The standard InChI is InChI=1S/C23H24N4O2/c1-14-10-19-20(11-15(14)2)27(22-21(26-19)23(28)25-16(3)24-22)13-18(29-4)12-17-8-6-5-7-9-17/h5-11,18H,3,12-13H2,1-2,4H3,(H,25,28). The van der Waals surface area contributed by atoms with E-state index in [1.54, 1.807) is 7.11 Å². The molecule has 0 aliphatic carbocycles. The molecule has 1 aliphatic heterocycles. The van der Waals surface area contributed by atoms with E-state index >= 15 is 0 Å². The van der Waals surface area contributed by atoms with Crippen LogP contribution in [0.5, 0.6) is 0 Å². The van der Waals surface area contributed by atoms with Gasteiger partial charge in [-0.1, -0.05) is 36.9 Å². The molecule has 1 N–H and O–H groups in total. The molecule has 0 bridgehead atoms. The van der Waals surface area contributed by atoms with Crippen LogP contribution in [0.1, 0.15) is 16.7 Å².